The number of carbonyl (C=O) groups excluding carboxylic acids is 2. The summed E-state index contributed by atoms with van der Waals surface area (Å²) in [7, 11) is 0. The number of β-lactam (4-membered cyclic amide) rings is 1. The number of carbonyl (C=O) groups is 3. The van der Waals surface area contributed by atoms with Crippen molar-refractivity contribution in [1.82, 2.24) is 4.90 Å². The third kappa shape index (κ3) is 5.56. The van der Waals surface area contributed by atoms with E-state index in [2.05, 4.69) is 0 Å². The lowest BCUT2D eigenvalue weighted by atomic mass is 9.84. The molecule has 4 aromatic rings. The van der Waals surface area contributed by atoms with Crippen molar-refractivity contribution in [3.05, 3.63) is 147 Å². The zero-order valence-electron chi connectivity index (χ0n) is 24.4. The summed E-state index contributed by atoms with van der Waals surface area (Å²) in [6.45, 7) is 2.34. The fourth-order valence-corrected chi connectivity index (χ4v) is 7.61. The zero-order chi connectivity index (χ0) is 32.4. The third-order valence-electron chi connectivity index (χ3n) is 7.91. The van der Waals surface area contributed by atoms with Crippen molar-refractivity contribution in [3.63, 3.8) is 0 Å². The zero-order valence-corrected chi connectivity index (χ0v) is 25.2. The molecule has 10 nitrogen and oxygen atoms in total. The van der Waals surface area contributed by atoms with Crippen LogP contribution in [0.4, 0.5) is 5.69 Å². The Labute approximate surface area is 263 Å². The number of esters is 1. The quantitative estimate of drug-likeness (QED) is 0.0753. The summed E-state index contributed by atoms with van der Waals surface area (Å²) in [4.78, 5) is 50.5. The molecular weight excluding hydrogens is 596 g/mol. The van der Waals surface area contributed by atoms with E-state index in [1.165, 1.54) is 37.7 Å². The van der Waals surface area contributed by atoms with Crippen LogP contribution in [0.5, 0.6) is 0 Å². The lowest BCUT2D eigenvalue weighted by Gasteiger charge is -2.55. The minimum atomic E-state index is -2.99. The Morgan fingerprint density at radius 3 is 1.82 bits per heavy atom. The molecule has 1 saturated heterocycles. The minimum Gasteiger partial charge on any atom is -0.477 e. The first-order valence-electron chi connectivity index (χ1n) is 14.0. The van der Waals surface area contributed by atoms with Crippen LogP contribution in [0.25, 0.3) is 0 Å². The monoisotopic (exact) mass is 626 g/mol. The highest BCUT2D eigenvalue weighted by Gasteiger charge is 2.63. The number of aliphatic carboxylic acids is 1. The SMILES string of the molecule is CC(=O)OCC1C(=O)N(C(O)(C(=O)O)c2cc([N+](=O)[O-])ccc2C)C1SC(c1ccccc1)(c1ccccc1)c1ccccc1. The molecule has 2 N–H and O–H groups in total. The van der Waals surface area contributed by atoms with Gasteiger partial charge in [-0.15, -0.1) is 11.8 Å². The molecule has 11 heteroatoms. The molecule has 4 aromatic carbocycles. The van der Waals surface area contributed by atoms with E-state index in [0.717, 1.165) is 27.7 Å². The van der Waals surface area contributed by atoms with E-state index < -0.39 is 50.2 Å². The van der Waals surface area contributed by atoms with Crippen molar-refractivity contribution in [2.75, 3.05) is 6.61 Å². The Hall–Kier alpha value is -5.00. The molecule has 1 aliphatic heterocycles. The Morgan fingerprint density at radius 1 is 0.911 bits per heavy atom. The number of rotatable bonds is 11. The van der Waals surface area contributed by atoms with Crippen LogP contribution >= 0.6 is 11.8 Å². The normalized spacial score (nSPS) is 17.6. The second-order valence-corrected chi connectivity index (χ2v) is 12.0. The molecule has 0 aromatic heterocycles. The van der Waals surface area contributed by atoms with Gasteiger partial charge in [-0.2, -0.15) is 0 Å². The standard InChI is InChI=1S/C34H30N2O8S/c1-22-18-19-27(36(42)43)20-29(22)34(41,32(39)40)35-30(38)28(21-44-23(2)37)31(35)45-33(24-12-6-3-7-13-24,25-14-8-4-9-15-25)26-16-10-5-11-17-26/h3-20,28,31,41H,21H2,1-2H3,(H,39,40). The Balaban J connectivity index is 1.76. The fraction of sp³-hybridized carbons (Fsp3) is 0.206. The number of aryl methyl sites for hydroxylation is 1. The van der Waals surface area contributed by atoms with E-state index in [-0.39, 0.29) is 17.7 Å². The van der Waals surface area contributed by atoms with Gasteiger partial charge in [-0.05, 0) is 29.2 Å². The van der Waals surface area contributed by atoms with Gasteiger partial charge in [0.25, 0.3) is 11.4 Å². The van der Waals surface area contributed by atoms with Gasteiger partial charge in [0, 0.05) is 24.6 Å². The van der Waals surface area contributed by atoms with Crippen LogP contribution in [0.3, 0.4) is 0 Å². The van der Waals surface area contributed by atoms with E-state index in [1.807, 2.05) is 91.0 Å². The first-order valence-corrected chi connectivity index (χ1v) is 14.9. The summed E-state index contributed by atoms with van der Waals surface area (Å²) < 4.78 is 4.20. The van der Waals surface area contributed by atoms with Gasteiger partial charge in [0.1, 0.15) is 12.5 Å². The molecule has 0 radical (unpaired) electrons. The number of carboxylic acids is 1. The molecule has 1 fully saturated rings. The molecule has 3 unspecified atom stereocenters. The number of hydrogen-bond acceptors (Lipinski definition) is 8. The predicted molar refractivity (Wildman–Crippen MR) is 167 cm³/mol. The van der Waals surface area contributed by atoms with Crippen LogP contribution in [0.2, 0.25) is 0 Å². The summed E-state index contributed by atoms with van der Waals surface area (Å²) >= 11 is 1.22. The van der Waals surface area contributed by atoms with Crippen LogP contribution in [0.15, 0.2) is 109 Å². The van der Waals surface area contributed by atoms with E-state index >= 15 is 0 Å². The average Bonchev–Trinajstić information content (AvgIpc) is 3.04. The second kappa shape index (κ2) is 12.5. The fourth-order valence-electron chi connectivity index (χ4n) is 5.71. The summed E-state index contributed by atoms with van der Waals surface area (Å²) in [6.07, 6.45) is 0. The largest absolute Gasteiger partial charge is 0.477 e. The maximum absolute atomic E-state index is 13.9. The predicted octanol–water partition coefficient (Wildman–Crippen LogP) is 5.21. The van der Waals surface area contributed by atoms with Crippen LogP contribution in [-0.2, 0) is 29.6 Å². The van der Waals surface area contributed by atoms with Gasteiger partial charge in [0.05, 0.1) is 15.0 Å². The van der Waals surface area contributed by atoms with Gasteiger partial charge in [-0.25, -0.2) is 4.79 Å². The molecular formula is C34H30N2O8S. The van der Waals surface area contributed by atoms with Crippen molar-refractivity contribution in [2.45, 2.75) is 29.7 Å². The summed E-state index contributed by atoms with van der Waals surface area (Å²) in [5.74, 6) is -4.25. The number of carboxylic acid groups (broad SMARTS) is 1. The van der Waals surface area contributed by atoms with Gasteiger partial charge < -0.3 is 14.9 Å². The van der Waals surface area contributed by atoms with E-state index in [9.17, 15) is 34.7 Å². The minimum absolute atomic E-state index is 0.228. The summed E-state index contributed by atoms with van der Waals surface area (Å²) in [5, 5.41) is 33.2. The molecule has 3 atom stereocenters. The van der Waals surface area contributed by atoms with Gasteiger partial charge in [0.15, 0.2) is 0 Å². The molecule has 1 amide bonds. The van der Waals surface area contributed by atoms with Gasteiger partial charge in [-0.1, -0.05) is 97.1 Å². The first kappa shape index (κ1) is 31.4. The molecule has 1 heterocycles. The molecule has 0 aliphatic carbocycles. The lowest BCUT2D eigenvalue weighted by molar-refractivity contribution is -0.385. The summed E-state index contributed by atoms with van der Waals surface area (Å²) in [6, 6.07) is 31.9. The van der Waals surface area contributed by atoms with Crippen LogP contribution in [-0.4, -0.2) is 49.9 Å². The van der Waals surface area contributed by atoms with Crippen molar-refractivity contribution < 1.29 is 34.3 Å². The molecule has 5 rings (SSSR count). The molecule has 45 heavy (non-hydrogen) atoms. The van der Waals surface area contributed by atoms with Crippen molar-refractivity contribution in [2.24, 2.45) is 5.92 Å². The van der Waals surface area contributed by atoms with Crippen LogP contribution in [0, 0.1) is 23.0 Å². The number of amides is 1. The number of ether oxygens (including phenoxy) is 1. The molecule has 230 valence electrons. The Morgan fingerprint density at radius 2 is 1.40 bits per heavy atom. The molecule has 0 saturated carbocycles. The van der Waals surface area contributed by atoms with Crippen LogP contribution in [0.1, 0.15) is 34.7 Å². The molecule has 1 aliphatic rings. The van der Waals surface area contributed by atoms with Crippen molar-refractivity contribution in [1.29, 1.82) is 0 Å². The summed E-state index contributed by atoms with van der Waals surface area (Å²) in [5.41, 5.74) is -1.11. The number of aliphatic hydroxyl groups is 1. The van der Waals surface area contributed by atoms with Crippen molar-refractivity contribution >= 4 is 35.3 Å². The number of nitrogens with zero attached hydrogens (tertiary/aromatic N) is 2. The number of hydrogen-bond donors (Lipinski definition) is 2. The van der Waals surface area contributed by atoms with E-state index in [1.54, 1.807) is 0 Å². The topological polar surface area (TPSA) is 147 Å². The maximum Gasteiger partial charge on any atom is 0.362 e. The van der Waals surface area contributed by atoms with Crippen molar-refractivity contribution in [3.8, 4) is 0 Å². The Bertz CT molecular complexity index is 1640. The first-order chi connectivity index (χ1) is 21.5. The van der Waals surface area contributed by atoms with E-state index in [4.69, 9.17) is 4.74 Å². The number of benzene rings is 4. The third-order valence-corrected chi connectivity index (χ3v) is 9.75. The Kier molecular flexibility index (Phi) is 8.76. The maximum atomic E-state index is 13.9. The number of non-ortho nitro benzene ring substituents is 1. The molecule has 0 spiro atoms. The van der Waals surface area contributed by atoms with Crippen LogP contribution < -0.4 is 0 Å². The average molecular weight is 627 g/mol. The lowest BCUT2D eigenvalue weighted by Crippen LogP contribution is -2.71. The number of thioether (sulfide) groups is 1. The van der Waals surface area contributed by atoms with Gasteiger partial charge >= 0.3 is 11.9 Å². The van der Waals surface area contributed by atoms with Gasteiger partial charge in [-0.3, -0.25) is 24.6 Å². The number of nitro benzene ring substituents is 1. The smallest absolute Gasteiger partial charge is 0.362 e. The van der Waals surface area contributed by atoms with Gasteiger partial charge in [0.2, 0.25) is 5.91 Å². The number of likely N-dealkylation sites (tertiary alicyclic amines) is 1. The highest BCUT2D eigenvalue weighted by atomic mass is 32.2. The highest BCUT2D eigenvalue weighted by Crippen LogP contribution is 2.56. The highest BCUT2D eigenvalue weighted by molar-refractivity contribution is 8.01. The second-order valence-electron chi connectivity index (χ2n) is 10.6. The number of nitro groups is 1. The molecule has 0 bridgehead atoms. The van der Waals surface area contributed by atoms with E-state index in [0.29, 0.717) is 0 Å².